The Morgan fingerprint density at radius 3 is 2.35 bits per heavy atom. The second-order valence-electron chi connectivity index (χ2n) is 8.06. The van der Waals surface area contributed by atoms with Crippen molar-refractivity contribution in [3.8, 4) is 0 Å². The van der Waals surface area contributed by atoms with Gasteiger partial charge in [0.25, 0.3) is 5.91 Å². The molecule has 0 unspecified atom stereocenters. The van der Waals surface area contributed by atoms with Crippen molar-refractivity contribution in [2.45, 2.75) is 44.0 Å². The zero-order chi connectivity index (χ0) is 22.0. The van der Waals surface area contributed by atoms with Crippen LogP contribution in [0.15, 0.2) is 34.1 Å². The predicted octanol–water partition coefficient (Wildman–Crippen LogP) is 2.06. The second kappa shape index (κ2) is 9.10. The molecule has 2 aromatic rings. The molecule has 0 aliphatic carbocycles. The maximum atomic E-state index is 13.3. The molecule has 1 aromatic carbocycles. The molecular formula is C22H29N3O5S. The van der Waals surface area contributed by atoms with Crippen molar-refractivity contribution in [2.75, 3.05) is 39.4 Å². The monoisotopic (exact) mass is 447 g/mol. The van der Waals surface area contributed by atoms with Gasteiger partial charge >= 0.3 is 0 Å². The average molecular weight is 448 g/mol. The minimum Gasteiger partial charge on any atom is -0.379 e. The van der Waals surface area contributed by atoms with Crippen LogP contribution in [-0.2, 0) is 21.3 Å². The van der Waals surface area contributed by atoms with E-state index in [-0.39, 0.29) is 34.8 Å². The molecule has 9 heteroatoms. The summed E-state index contributed by atoms with van der Waals surface area (Å²) >= 11 is 0. The number of aromatic nitrogens is 1. The van der Waals surface area contributed by atoms with E-state index in [0.717, 1.165) is 25.7 Å². The van der Waals surface area contributed by atoms with Gasteiger partial charge in [-0.3, -0.25) is 9.59 Å². The van der Waals surface area contributed by atoms with E-state index in [9.17, 15) is 18.0 Å². The van der Waals surface area contributed by atoms with Gasteiger partial charge in [0.15, 0.2) is 0 Å². The molecule has 0 atom stereocenters. The van der Waals surface area contributed by atoms with Crippen molar-refractivity contribution in [1.82, 2.24) is 13.8 Å². The smallest absolute Gasteiger partial charge is 0.259 e. The number of rotatable bonds is 4. The number of amides is 1. The summed E-state index contributed by atoms with van der Waals surface area (Å²) in [5.41, 5.74) is 0.325. The van der Waals surface area contributed by atoms with Crippen molar-refractivity contribution in [2.24, 2.45) is 0 Å². The maximum absolute atomic E-state index is 13.3. The summed E-state index contributed by atoms with van der Waals surface area (Å²) in [4.78, 5) is 28.3. The van der Waals surface area contributed by atoms with E-state index < -0.39 is 15.5 Å². The number of likely N-dealkylation sites (tertiary alicyclic amines) is 1. The number of morpholine rings is 1. The van der Waals surface area contributed by atoms with Crippen molar-refractivity contribution < 1.29 is 17.9 Å². The number of carbonyl (C=O) groups is 1. The van der Waals surface area contributed by atoms with E-state index in [1.54, 1.807) is 17.2 Å². The Morgan fingerprint density at radius 1 is 1.03 bits per heavy atom. The van der Waals surface area contributed by atoms with E-state index in [1.165, 1.54) is 16.4 Å². The van der Waals surface area contributed by atoms with Crippen LogP contribution < -0.4 is 5.43 Å². The number of aryl methyl sites for hydroxylation is 1. The average Bonchev–Trinajstić information content (AvgIpc) is 3.09. The van der Waals surface area contributed by atoms with Crippen molar-refractivity contribution in [1.29, 1.82) is 0 Å². The highest BCUT2D eigenvalue weighted by atomic mass is 32.2. The molecule has 3 heterocycles. The van der Waals surface area contributed by atoms with Gasteiger partial charge < -0.3 is 14.2 Å². The highest BCUT2D eigenvalue weighted by Gasteiger charge is 2.28. The van der Waals surface area contributed by atoms with Gasteiger partial charge in [-0.15, -0.1) is 0 Å². The molecule has 0 radical (unpaired) electrons. The number of hydrogen-bond donors (Lipinski definition) is 0. The Morgan fingerprint density at radius 2 is 1.71 bits per heavy atom. The predicted molar refractivity (Wildman–Crippen MR) is 118 cm³/mol. The summed E-state index contributed by atoms with van der Waals surface area (Å²) in [7, 11) is -3.74. The lowest BCUT2D eigenvalue weighted by Gasteiger charge is -2.26. The number of sulfonamides is 1. The van der Waals surface area contributed by atoms with Gasteiger partial charge in [-0.25, -0.2) is 8.42 Å². The molecule has 0 bridgehead atoms. The zero-order valence-corrected chi connectivity index (χ0v) is 18.7. The van der Waals surface area contributed by atoms with Crippen molar-refractivity contribution >= 4 is 26.8 Å². The Labute approximate surface area is 182 Å². The van der Waals surface area contributed by atoms with Crippen LogP contribution in [0, 0.1) is 0 Å². The topological polar surface area (TPSA) is 88.9 Å². The maximum Gasteiger partial charge on any atom is 0.259 e. The number of benzene rings is 1. The lowest BCUT2D eigenvalue weighted by molar-refractivity contribution is 0.0730. The molecule has 8 nitrogen and oxygen atoms in total. The lowest BCUT2D eigenvalue weighted by Crippen LogP contribution is -2.40. The molecule has 168 valence electrons. The molecule has 4 rings (SSSR count). The standard InChI is InChI=1S/C22H29N3O5S/c1-2-23-16-19(22(27)24-9-5-3-4-6-10-24)21(26)18-15-17(7-8-20(18)23)31(28,29)25-11-13-30-14-12-25/h7-8,15-16H,2-6,9-14H2,1H3. The molecule has 1 amide bonds. The van der Waals surface area contributed by atoms with Crippen LogP contribution in [0.25, 0.3) is 10.9 Å². The number of nitrogens with zero attached hydrogens (tertiary/aromatic N) is 3. The third-order valence-electron chi connectivity index (χ3n) is 6.12. The molecule has 0 spiro atoms. The molecule has 0 saturated carbocycles. The SMILES string of the molecule is CCn1cc(C(=O)N2CCCCCC2)c(=O)c2cc(S(=O)(=O)N3CCOCC3)ccc21. The van der Waals surface area contributed by atoms with Crippen LogP contribution in [0.4, 0.5) is 0 Å². The van der Waals surface area contributed by atoms with Crippen LogP contribution in [-0.4, -0.2) is 67.5 Å². The van der Waals surface area contributed by atoms with Gasteiger partial charge in [0.2, 0.25) is 15.5 Å². The summed E-state index contributed by atoms with van der Waals surface area (Å²) in [6.45, 7) is 5.06. The Balaban J connectivity index is 1.80. The number of ether oxygens (including phenoxy) is 1. The number of pyridine rings is 1. The van der Waals surface area contributed by atoms with Gasteiger partial charge in [0.05, 0.1) is 23.6 Å². The zero-order valence-electron chi connectivity index (χ0n) is 17.9. The van der Waals surface area contributed by atoms with Crippen LogP contribution in [0.3, 0.4) is 0 Å². The minimum absolute atomic E-state index is 0.0704. The first-order chi connectivity index (χ1) is 14.9. The molecule has 2 aliphatic rings. The lowest BCUT2D eigenvalue weighted by atomic mass is 10.1. The molecule has 2 saturated heterocycles. The van der Waals surface area contributed by atoms with Gasteiger partial charge in [-0.1, -0.05) is 12.8 Å². The first-order valence-corrected chi connectivity index (χ1v) is 12.4. The Kier molecular flexibility index (Phi) is 6.45. The second-order valence-corrected chi connectivity index (χ2v) is 10.00. The summed E-state index contributed by atoms with van der Waals surface area (Å²) in [5.74, 6) is -0.266. The van der Waals surface area contributed by atoms with Gasteiger partial charge in [-0.05, 0) is 38.0 Å². The normalized spacial score (nSPS) is 18.8. The fraction of sp³-hybridized carbons (Fsp3) is 0.545. The van der Waals surface area contributed by atoms with Gasteiger partial charge in [0.1, 0.15) is 5.56 Å². The summed E-state index contributed by atoms with van der Waals surface area (Å²) < 4.78 is 34.6. The molecule has 0 N–H and O–H groups in total. The Hall–Kier alpha value is -2.23. The number of fused-ring (bicyclic) bond motifs is 1. The van der Waals surface area contributed by atoms with E-state index in [0.29, 0.717) is 38.4 Å². The summed E-state index contributed by atoms with van der Waals surface area (Å²) in [6.07, 6.45) is 5.66. The number of hydrogen-bond acceptors (Lipinski definition) is 5. The molecule has 2 aliphatic heterocycles. The third kappa shape index (κ3) is 4.26. The van der Waals surface area contributed by atoms with Gasteiger partial charge in [0, 0.05) is 44.3 Å². The van der Waals surface area contributed by atoms with Crippen LogP contribution in [0.1, 0.15) is 43.0 Å². The molecular weight excluding hydrogens is 418 g/mol. The van der Waals surface area contributed by atoms with Crippen LogP contribution in [0.2, 0.25) is 0 Å². The third-order valence-corrected chi connectivity index (χ3v) is 8.02. The van der Waals surface area contributed by atoms with Crippen LogP contribution in [0.5, 0.6) is 0 Å². The molecule has 31 heavy (non-hydrogen) atoms. The minimum atomic E-state index is -3.74. The van der Waals surface area contributed by atoms with E-state index in [2.05, 4.69) is 0 Å². The largest absolute Gasteiger partial charge is 0.379 e. The van der Waals surface area contributed by atoms with E-state index >= 15 is 0 Å². The first-order valence-electron chi connectivity index (χ1n) is 11.0. The Bertz CT molecular complexity index is 1130. The first kappa shape index (κ1) is 22.0. The fourth-order valence-electron chi connectivity index (χ4n) is 4.33. The van der Waals surface area contributed by atoms with Crippen molar-refractivity contribution in [3.05, 3.63) is 40.2 Å². The number of carbonyl (C=O) groups excluding carboxylic acids is 1. The van der Waals surface area contributed by atoms with Crippen molar-refractivity contribution in [3.63, 3.8) is 0 Å². The summed E-state index contributed by atoms with van der Waals surface area (Å²) in [5, 5.41) is 0.261. The molecule has 1 aromatic heterocycles. The van der Waals surface area contributed by atoms with E-state index in [1.807, 2.05) is 11.5 Å². The molecule has 2 fully saturated rings. The summed E-state index contributed by atoms with van der Waals surface area (Å²) in [6, 6.07) is 4.62. The fourth-order valence-corrected chi connectivity index (χ4v) is 5.77. The van der Waals surface area contributed by atoms with Crippen LogP contribution >= 0.6 is 0 Å². The highest BCUT2D eigenvalue weighted by molar-refractivity contribution is 7.89. The van der Waals surface area contributed by atoms with E-state index in [4.69, 9.17) is 4.74 Å². The van der Waals surface area contributed by atoms with Gasteiger partial charge in [-0.2, -0.15) is 4.31 Å². The highest BCUT2D eigenvalue weighted by Crippen LogP contribution is 2.22. The quantitative estimate of drug-likeness (QED) is 0.716.